The van der Waals surface area contributed by atoms with E-state index in [2.05, 4.69) is 10.3 Å². The Bertz CT molecular complexity index is 1360. The molecule has 9 heteroatoms. The molecular weight excluding hydrogens is 459 g/mol. The lowest BCUT2D eigenvalue weighted by molar-refractivity contribution is -0.123. The molecule has 0 saturated heterocycles. The van der Waals surface area contributed by atoms with Crippen LogP contribution in [0.1, 0.15) is 34.1 Å². The highest BCUT2D eigenvalue weighted by atomic mass is 19.4. The van der Waals surface area contributed by atoms with E-state index in [1.807, 2.05) is 59.9 Å². The van der Waals surface area contributed by atoms with Gasteiger partial charge in [-0.2, -0.15) is 13.2 Å². The molecule has 1 aliphatic heterocycles. The number of alkyl halides is 3. The SMILES string of the molecule is O=C(NCC(F)(F)F)c1cc2c(c(-c3cccc(-c4cc5ccccc5o4)c3)n1)[C@@H](CCO)NC2. The van der Waals surface area contributed by atoms with E-state index in [1.54, 1.807) is 0 Å². The van der Waals surface area contributed by atoms with Crippen LogP contribution in [0.25, 0.3) is 33.6 Å². The number of rotatable bonds is 6. The highest BCUT2D eigenvalue weighted by molar-refractivity contribution is 5.93. The van der Waals surface area contributed by atoms with Crippen molar-refractivity contribution in [2.75, 3.05) is 13.2 Å². The Morgan fingerprint density at radius 3 is 2.69 bits per heavy atom. The summed E-state index contributed by atoms with van der Waals surface area (Å²) >= 11 is 0. The lowest BCUT2D eigenvalue weighted by Gasteiger charge is -2.16. The highest BCUT2D eigenvalue weighted by Crippen LogP contribution is 2.38. The summed E-state index contributed by atoms with van der Waals surface area (Å²) in [6.45, 7) is -1.07. The summed E-state index contributed by atoms with van der Waals surface area (Å²) in [5.74, 6) is -0.237. The number of aromatic nitrogens is 1. The van der Waals surface area contributed by atoms with Gasteiger partial charge in [-0.1, -0.05) is 36.4 Å². The third kappa shape index (κ3) is 4.78. The molecule has 0 saturated carbocycles. The van der Waals surface area contributed by atoms with Gasteiger partial charge in [-0.3, -0.25) is 4.79 Å². The van der Waals surface area contributed by atoms with Crippen molar-refractivity contribution in [3.63, 3.8) is 0 Å². The van der Waals surface area contributed by atoms with Crippen molar-refractivity contribution >= 4 is 16.9 Å². The summed E-state index contributed by atoms with van der Waals surface area (Å²) in [5.41, 5.74) is 4.22. The quantitative estimate of drug-likeness (QED) is 0.362. The van der Waals surface area contributed by atoms with Crippen molar-refractivity contribution < 1.29 is 27.5 Å². The smallest absolute Gasteiger partial charge is 0.405 e. The zero-order chi connectivity index (χ0) is 24.6. The van der Waals surface area contributed by atoms with Crippen LogP contribution in [0.5, 0.6) is 0 Å². The van der Waals surface area contributed by atoms with Gasteiger partial charge < -0.3 is 20.2 Å². The van der Waals surface area contributed by atoms with Crippen molar-refractivity contribution in [1.82, 2.24) is 15.6 Å². The molecule has 0 fully saturated rings. The number of nitrogens with one attached hydrogen (secondary N) is 2. The monoisotopic (exact) mass is 481 g/mol. The van der Waals surface area contributed by atoms with Gasteiger partial charge in [0.05, 0.1) is 5.69 Å². The van der Waals surface area contributed by atoms with Crippen LogP contribution in [-0.2, 0) is 6.54 Å². The highest BCUT2D eigenvalue weighted by Gasteiger charge is 2.31. The number of hydrogen-bond acceptors (Lipinski definition) is 5. The van der Waals surface area contributed by atoms with Crippen molar-refractivity contribution in [2.24, 2.45) is 0 Å². The summed E-state index contributed by atoms with van der Waals surface area (Å²) in [7, 11) is 0. The van der Waals surface area contributed by atoms with Crippen molar-refractivity contribution in [1.29, 1.82) is 0 Å². The van der Waals surface area contributed by atoms with Crippen molar-refractivity contribution in [3.05, 3.63) is 77.5 Å². The first-order chi connectivity index (χ1) is 16.8. The molecular formula is C26H22F3N3O3. The van der Waals surface area contributed by atoms with Gasteiger partial charge in [0, 0.05) is 35.7 Å². The fourth-order valence-corrected chi connectivity index (χ4v) is 4.40. The number of benzene rings is 2. The van der Waals surface area contributed by atoms with E-state index in [0.29, 0.717) is 30.0 Å². The third-order valence-electron chi connectivity index (χ3n) is 5.98. The summed E-state index contributed by atoms with van der Waals surface area (Å²) in [4.78, 5) is 17.0. The third-order valence-corrected chi connectivity index (χ3v) is 5.98. The standard InChI is InChI=1S/C26H22F3N3O3/c27-26(28,29)14-31-25(34)20-11-18-13-30-19(8-9-33)23(18)24(32-20)17-6-3-5-15(10-17)22-12-16-4-1-2-7-21(16)35-22/h1-7,10-12,19,30,33H,8-9,13-14H2,(H,31,34)/t19-/m1/s1. The molecule has 0 spiro atoms. The Balaban J connectivity index is 1.58. The lowest BCUT2D eigenvalue weighted by atomic mass is 9.95. The molecule has 180 valence electrons. The second-order valence-corrected chi connectivity index (χ2v) is 8.40. The average molecular weight is 481 g/mol. The fourth-order valence-electron chi connectivity index (χ4n) is 4.40. The number of pyridine rings is 1. The van der Waals surface area contributed by atoms with E-state index in [0.717, 1.165) is 27.7 Å². The topological polar surface area (TPSA) is 87.4 Å². The number of para-hydroxylation sites is 1. The Labute approximate surface area is 198 Å². The zero-order valence-corrected chi connectivity index (χ0v) is 18.5. The number of furan rings is 1. The van der Waals surface area contributed by atoms with E-state index < -0.39 is 18.6 Å². The van der Waals surface area contributed by atoms with E-state index in [1.165, 1.54) is 6.07 Å². The largest absolute Gasteiger partial charge is 0.456 e. The lowest BCUT2D eigenvalue weighted by Crippen LogP contribution is -2.34. The molecule has 3 heterocycles. The number of nitrogens with zero attached hydrogens (tertiary/aromatic N) is 1. The molecule has 1 aliphatic rings. The molecule has 3 N–H and O–H groups in total. The van der Waals surface area contributed by atoms with Gasteiger partial charge in [-0.25, -0.2) is 4.98 Å². The molecule has 0 unspecified atom stereocenters. The van der Waals surface area contributed by atoms with Crippen molar-refractivity contribution in [3.8, 4) is 22.6 Å². The molecule has 0 radical (unpaired) electrons. The normalized spacial score (nSPS) is 15.4. The summed E-state index contributed by atoms with van der Waals surface area (Å²) in [6.07, 6.45) is -4.09. The van der Waals surface area contributed by atoms with Crippen LogP contribution >= 0.6 is 0 Å². The number of aliphatic hydroxyl groups excluding tert-OH is 1. The minimum atomic E-state index is -4.52. The van der Waals surface area contributed by atoms with Crippen LogP contribution in [0, 0.1) is 0 Å². The molecule has 2 aromatic carbocycles. The molecule has 2 aromatic heterocycles. The number of carbonyl (C=O) groups excluding carboxylic acids is 1. The maximum atomic E-state index is 12.6. The van der Waals surface area contributed by atoms with Crippen LogP contribution in [0.4, 0.5) is 13.2 Å². The van der Waals surface area contributed by atoms with Gasteiger partial charge >= 0.3 is 6.18 Å². The fraction of sp³-hybridized carbons (Fsp3) is 0.231. The molecule has 4 aromatic rings. The van der Waals surface area contributed by atoms with E-state index in [9.17, 15) is 23.1 Å². The van der Waals surface area contributed by atoms with Crippen molar-refractivity contribution in [2.45, 2.75) is 25.2 Å². The molecule has 6 nitrogen and oxygen atoms in total. The molecule has 1 atom stereocenters. The number of aliphatic hydroxyl groups is 1. The number of hydrogen-bond donors (Lipinski definition) is 3. The first kappa shape index (κ1) is 23.1. The second kappa shape index (κ2) is 9.16. The summed E-state index contributed by atoms with van der Waals surface area (Å²) < 4.78 is 43.9. The van der Waals surface area contributed by atoms with Gasteiger partial charge in [0.2, 0.25) is 0 Å². The van der Waals surface area contributed by atoms with Gasteiger partial charge in [0.15, 0.2) is 0 Å². The minimum absolute atomic E-state index is 0.0522. The van der Waals surface area contributed by atoms with Crippen LogP contribution in [0.15, 0.2) is 65.1 Å². The maximum absolute atomic E-state index is 12.6. The predicted molar refractivity (Wildman–Crippen MR) is 125 cm³/mol. The summed E-state index contributed by atoms with van der Waals surface area (Å²) in [6, 6.07) is 18.3. The van der Waals surface area contributed by atoms with E-state index >= 15 is 0 Å². The number of halogens is 3. The molecule has 0 aliphatic carbocycles. The first-order valence-electron chi connectivity index (χ1n) is 11.1. The van der Waals surface area contributed by atoms with Gasteiger partial charge in [0.25, 0.3) is 5.91 Å². The van der Waals surface area contributed by atoms with E-state index in [-0.39, 0.29) is 18.3 Å². The van der Waals surface area contributed by atoms with Crippen LogP contribution in [0.2, 0.25) is 0 Å². The Morgan fingerprint density at radius 2 is 1.91 bits per heavy atom. The Hall–Kier alpha value is -3.69. The van der Waals surface area contributed by atoms with Crippen LogP contribution in [0.3, 0.4) is 0 Å². The number of carbonyl (C=O) groups is 1. The average Bonchev–Trinajstić information content (AvgIpc) is 3.46. The van der Waals surface area contributed by atoms with Gasteiger partial charge in [0.1, 0.15) is 23.6 Å². The van der Waals surface area contributed by atoms with E-state index in [4.69, 9.17) is 4.42 Å². The zero-order valence-electron chi connectivity index (χ0n) is 18.5. The predicted octanol–water partition coefficient (Wildman–Crippen LogP) is 4.98. The molecule has 35 heavy (non-hydrogen) atoms. The van der Waals surface area contributed by atoms with Gasteiger partial charge in [-0.05, 0) is 41.8 Å². The second-order valence-electron chi connectivity index (χ2n) is 8.40. The molecule has 5 rings (SSSR count). The minimum Gasteiger partial charge on any atom is -0.456 e. The summed E-state index contributed by atoms with van der Waals surface area (Å²) in [5, 5.41) is 15.7. The maximum Gasteiger partial charge on any atom is 0.405 e. The molecule has 0 bridgehead atoms. The van der Waals surface area contributed by atoms with Crippen LogP contribution in [-0.4, -0.2) is 35.3 Å². The number of fused-ring (bicyclic) bond motifs is 2. The molecule has 1 amide bonds. The Morgan fingerprint density at radius 1 is 1.11 bits per heavy atom. The van der Waals surface area contributed by atoms with Gasteiger partial charge in [-0.15, -0.1) is 0 Å². The first-order valence-corrected chi connectivity index (χ1v) is 11.1. The Kier molecular flexibility index (Phi) is 6.04. The number of amides is 1. The van der Waals surface area contributed by atoms with Crippen LogP contribution < -0.4 is 10.6 Å².